The number of carbonyl (C=O) groups is 1. The summed E-state index contributed by atoms with van der Waals surface area (Å²) in [6.45, 7) is 4.21. The molecule has 4 N–H and O–H groups in total. The van der Waals surface area contributed by atoms with E-state index >= 15 is 0 Å². The lowest BCUT2D eigenvalue weighted by molar-refractivity contribution is -0.131. The van der Waals surface area contributed by atoms with Crippen molar-refractivity contribution in [3.8, 4) is 0 Å². The number of amides is 1. The molecule has 3 atom stereocenters. The van der Waals surface area contributed by atoms with Crippen LogP contribution < -0.4 is 5.32 Å². The molecule has 0 spiro atoms. The van der Waals surface area contributed by atoms with Gasteiger partial charge in [0.2, 0.25) is 5.91 Å². The van der Waals surface area contributed by atoms with Gasteiger partial charge in [0.25, 0.3) is 0 Å². The van der Waals surface area contributed by atoms with Gasteiger partial charge in [-0.05, 0) is 57.8 Å². The van der Waals surface area contributed by atoms with Gasteiger partial charge in [0.05, 0.1) is 18.8 Å². The molecule has 0 rings (SSSR count). The second-order valence-electron chi connectivity index (χ2n) is 21.3. The van der Waals surface area contributed by atoms with Crippen LogP contribution in [0.15, 0.2) is 36.5 Å². The van der Waals surface area contributed by atoms with Crippen LogP contribution in [0.5, 0.6) is 0 Å². The maximum atomic E-state index is 12.6. The quantitative estimate of drug-likeness (QED) is 0.0361. The Hall–Kier alpha value is -1.43. The van der Waals surface area contributed by atoms with Crippen LogP contribution in [-0.2, 0) is 4.79 Å². The number of aliphatic hydroxyl groups is 3. The average Bonchev–Trinajstić information content (AvgIpc) is 3.34. The number of carbonyl (C=O) groups excluding carboxylic acids is 1. The number of rotatable bonds is 57. The Morgan fingerprint density at radius 3 is 0.897 bits per heavy atom. The monoisotopic (exact) mass is 956 g/mol. The van der Waals surface area contributed by atoms with Crippen molar-refractivity contribution in [3.05, 3.63) is 36.5 Å². The van der Waals surface area contributed by atoms with Gasteiger partial charge >= 0.3 is 0 Å². The van der Waals surface area contributed by atoms with Crippen molar-refractivity contribution in [2.75, 3.05) is 6.61 Å². The Bertz CT molecular complexity index is 1060. The minimum absolute atomic E-state index is 0.374. The van der Waals surface area contributed by atoms with Crippen molar-refractivity contribution in [3.63, 3.8) is 0 Å². The first kappa shape index (κ1) is 66.6. The molecular formula is C63H121NO4. The molecule has 0 aliphatic rings. The number of hydrogen-bond donors (Lipinski definition) is 4. The van der Waals surface area contributed by atoms with Gasteiger partial charge in [-0.25, -0.2) is 0 Å². The summed E-state index contributed by atoms with van der Waals surface area (Å²) in [6.07, 6.45) is 76.8. The number of unbranched alkanes of at least 4 members (excludes halogenated alkanes) is 45. The summed E-state index contributed by atoms with van der Waals surface area (Å²) in [6, 6.07) is -0.815. The van der Waals surface area contributed by atoms with Crippen LogP contribution in [0.3, 0.4) is 0 Å². The molecule has 1 amide bonds. The van der Waals surface area contributed by atoms with E-state index < -0.39 is 24.2 Å². The summed E-state index contributed by atoms with van der Waals surface area (Å²) in [7, 11) is 0. The number of allylic oxidation sites excluding steroid dienone is 5. The first-order valence-corrected chi connectivity index (χ1v) is 30.8. The molecule has 0 radical (unpaired) electrons. The van der Waals surface area contributed by atoms with Crippen molar-refractivity contribution in [2.45, 2.75) is 353 Å². The second-order valence-corrected chi connectivity index (χ2v) is 21.3. The Morgan fingerprint density at radius 1 is 0.353 bits per heavy atom. The molecule has 0 fully saturated rings. The number of hydrogen-bond acceptors (Lipinski definition) is 4. The highest BCUT2D eigenvalue weighted by Gasteiger charge is 2.22. The molecule has 0 aromatic rings. The fraction of sp³-hybridized carbons (Fsp3) is 0.889. The Labute approximate surface area is 425 Å². The van der Waals surface area contributed by atoms with Gasteiger partial charge < -0.3 is 20.6 Å². The van der Waals surface area contributed by atoms with Crippen LogP contribution in [0.1, 0.15) is 335 Å². The largest absolute Gasteiger partial charge is 0.394 e. The van der Waals surface area contributed by atoms with E-state index in [1.54, 1.807) is 6.08 Å². The third-order valence-corrected chi connectivity index (χ3v) is 14.5. The van der Waals surface area contributed by atoms with Crippen LogP contribution in [0.25, 0.3) is 0 Å². The molecule has 0 bridgehead atoms. The fourth-order valence-electron chi connectivity index (χ4n) is 9.67. The summed E-state index contributed by atoms with van der Waals surface area (Å²) in [5, 5.41) is 33.4. The molecule has 0 aliphatic heterocycles. The molecule has 68 heavy (non-hydrogen) atoms. The third-order valence-electron chi connectivity index (χ3n) is 14.5. The normalized spacial score (nSPS) is 13.4. The maximum absolute atomic E-state index is 12.6. The van der Waals surface area contributed by atoms with Crippen molar-refractivity contribution in [1.82, 2.24) is 5.32 Å². The smallest absolute Gasteiger partial charge is 0.249 e. The standard InChI is InChI=1S/C63H121NO4/c1-3-5-7-9-11-13-15-17-19-21-23-25-27-29-30-31-32-33-34-36-38-40-42-44-46-48-50-52-54-56-58-62(67)63(68)64-60(59-65)61(66)57-55-53-51-49-47-45-43-41-39-37-35-28-26-24-22-20-18-16-14-12-10-8-6-4-2/h29-30,47,49,55,57,60-62,65-67H,3-28,31-46,48,50-54,56,58-59H2,1-2H3,(H,64,68)/b30-29-,49-47+,57-55+. The predicted octanol–water partition coefficient (Wildman–Crippen LogP) is 19.4. The van der Waals surface area contributed by atoms with Gasteiger partial charge in [-0.15, -0.1) is 0 Å². The topological polar surface area (TPSA) is 89.8 Å². The van der Waals surface area contributed by atoms with Gasteiger partial charge in [-0.1, -0.05) is 314 Å². The van der Waals surface area contributed by atoms with E-state index in [2.05, 4.69) is 43.5 Å². The van der Waals surface area contributed by atoms with E-state index in [0.717, 1.165) is 38.5 Å². The lowest BCUT2D eigenvalue weighted by Gasteiger charge is -2.21. The minimum atomic E-state index is -1.11. The van der Waals surface area contributed by atoms with Gasteiger partial charge in [0.15, 0.2) is 0 Å². The maximum Gasteiger partial charge on any atom is 0.249 e. The van der Waals surface area contributed by atoms with Crippen molar-refractivity contribution >= 4 is 5.91 Å². The molecule has 0 aliphatic carbocycles. The molecule has 0 heterocycles. The van der Waals surface area contributed by atoms with Crippen molar-refractivity contribution in [1.29, 1.82) is 0 Å². The predicted molar refractivity (Wildman–Crippen MR) is 301 cm³/mol. The zero-order valence-electron chi connectivity index (χ0n) is 46.0. The highest BCUT2D eigenvalue weighted by atomic mass is 16.3. The van der Waals surface area contributed by atoms with E-state index in [1.807, 2.05) is 6.08 Å². The molecule has 0 saturated heterocycles. The van der Waals surface area contributed by atoms with E-state index in [4.69, 9.17) is 0 Å². The van der Waals surface area contributed by atoms with Crippen LogP contribution >= 0.6 is 0 Å². The number of nitrogens with one attached hydrogen (secondary N) is 1. The van der Waals surface area contributed by atoms with Crippen LogP contribution in [0.2, 0.25) is 0 Å². The third kappa shape index (κ3) is 52.4. The van der Waals surface area contributed by atoms with Crippen LogP contribution in [0.4, 0.5) is 0 Å². The van der Waals surface area contributed by atoms with Crippen molar-refractivity contribution in [2.24, 2.45) is 0 Å². The molecule has 5 heteroatoms. The fourth-order valence-corrected chi connectivity index (χ4v) is 9.67. The zero-order chi connectivity index (χ0) is 49.3. The zero-order valence-corrected chi connectivity index (χ0v) is 46.0. The Kier molecular flexibility index (Phi) is 56.9. The Balaban J connectivity index is 3.56. The second kappa shape index (κ2) is 58.1. The molecule has 0 saturated carbocycles. The molecule has 5 nitrogen and oxygen atoms in total. The van der Waals surface area contributed by atoms with Gasteiger partial charge in [-0.2, -0.15) is 0 Å². The summed E-state index contributed by atoms with van der Waals surface area (Å²) in [5.74, 6) is -0.508. The summed E-state index contributed by atoms with van der Waals surface area (Å²) < 4.78 is 0. The summed E-state index contributed by atoms with van der Waals surface area (Å²) in [5.41, 5.74) is 0. The van der Waals surface area contributed by atoms with E-state index in [-0.39, 0.29) is 6.61 Å². The SMILES string of the molecule is CCCCCCCCCCCCCC/C=C\CCCCCCCCCCCCCCCCC(O)C(=O)NC(CO)C(O)/C=C/CC/C=C/CCCCCCCCCCCCCCCCCCCC. The van der Waals surface area contributed by atoms with E-state index in [1.165, 1.54) is 276 Å². The first-order chi connectivity index (χ1) is 33.6. The average molecular weight is 957 g/mol. The van der Waals surface area contributed by atoms with Crippen LogP contribution in [-0.4, -0.2) is 46.1 Å². The summed E-state index contributed by atoms with van der Waals surface area (Å²) in [4.78, 5) is 12.6. The van der Waals surface area contributed by atoms with Gasteiger partial charge in [0, 0.05) is 0 Å². The van der Waals surface area contributed by atoms with Crippen molar-refractivity contribution < 1.29 is 20.1 Å². The molecular weight excluding hydrogens is 835 g/mol. The molecule has 0 aromatic carbocycles. The lowest BCUT2D eigenvalue weighted by atomic mass is 10.0. The van der Waals surface area contributed by atoms with E-state index in [9.17, 15) is 20.1 Å². The highest BCUT2D eigenvalue weighted by Crippen LogP contribution is 2.18. The van der Waals surface area contributed by atoms with Gasteiger partial charge in [-0.3, -0.25) is 4.79 Å². The molecule has 402 valence electrons. The van der Waals surface area contributed by atoms with Crippen LogP contribution in [0, 0.1) is 0 Å². The molecule has 3 unspecified atom stereocenters. The summed E-state index contributed by atoms with van der Waals surface area (Å²) >= 11 is 0. The molecule has 0 aromatic heterocycles. The lowest BCUT2D eigenvalue weighted by Crippen LogP contribution is -2.48. The first-order valence-electron chi connectivity index (χ1n) is 30.8. The Morgan fingerprint density at radius 2 is 0.603 bits per heavy atom. The number of aliphatic hydroxyl groups excluding tert-OH is 3. The minimum Gasteiger partial charge on any atom is -0.394 e. The van der Waals surface area contributed by atoms with Gasteiger partial charge in [0.1, 0.15) is 6.10 Å². The highest BCUT2D eigenvalue weighted by molar-refractivity contribution is 5.80. The van der Waals surface area contributed by atoms with E-state index in [0.29, 0.717) is 6.42 Å².